The zero-order chi connectivity index (χ0) is 15.6. The van der Waals surface area contributed by atoms with Gasteiger partial charge in [-0.15, -0.1) is 0 Å². The smallest absolute Gasteiger partial charge is 0.370 e. The number of benzene rings is 1. The standard InChI is InChI=1S/C15H19F3N2O/c1-11-4-5-13(10-14(11)15(16,17)18)20-7-3-6-19(8-9-20)12(2)21/h4-5,10H,3,6-9H2,1-2H3. The van der Waals surface area contributed by atoms with E-state index >= 15 is 0 Å². The van der Waals surface area contributed by atoms with Crippen LogP contribution < -0.4 is 4.90 Å². The van der Waals surface area contributed by atoms with Crippen molar-refractivity contribution in [1.82, 2.24) is 4.90 Å². The SMILES string of the molecule is CC(=O)N1CCCN(c2ccc(C)c(C(F)(F)F)c2)CC1. The fourth-order valence-corrected chi connectivity index (χ4v) is 2.60. The highest BCUT2D eigenvalue weighted by Gasteiger charge is 2.33. The minimum Gasteiger partial charge on any atom is -0.370 e. The third-order valence-corrected chi connectivity index (χ3v) is 3.83. The van der Waals surface area contributed by atoms with Gasteiger partial charge in [-0.2, -0.15) is 13.2 Å². The van der Waals surface area contributed by atoms with Crippen LogP contribution in [0.3, 0.4) is 0 Å². The number of hydrogen-bond donors (Lipinski definition) is 0. The van der Waals surface area contributed by atoms with E-state index < -0.39 is 11.7 Å². The number of aryl methyl sites for hydroxylation is 1. The van der Waals surface area contributed by atoms with Gasteiger partial charge in [0.15, 0.2) is 0 Å². The van der Waals surface area contributed by atoms with Crippen molar-refractivity contribution in [2.75, 3.05) is 31.1 Å². The first-order valence-electron chi connectivity index (χ1n) is 6.97. The molecule has 0 radical (unpaired) electrons. The molecule has 1 fully saturated rings. The van der Waals surface area contributed by atoms with Crippen LogP contribution in [0.25, 0.3) is 0 Å². The van der Waals surface area contributed by atoms with Gasteiger partial charge in [-0.05, 0) is 31.0 Å². The Hall–Kier alpha value is -1.72. The van der Waals surface area contributed by atoms with Crippen molar-refractivity contribution in [2.45, 2.75) is 26.4 Å². The number of carbonyl (C=O) groups excluding carboxylic acids is 1. The monoisotopic (exact) mass is 300 g/mol. The van der Waals surface area contributed by atoms with Crippen LogP contribution in [0, 0.1) is 6.92 Å². The summed E-state index contributed by atoms with van der Waals surface area (Å²) in [6, 6.07) is 4.43. The van der Waals surface area contributed by atoms with Crippen LogP contribution >= 0.6 is 0 Å². The molecule has 3 nitrogen and oxygen atoms in total. The maximum Gasteiger partial charge on any atom is 0.416 e. The van der Waals surface area contributed by atoms with Gasteiger partial charge < -0.3 is 9.80 Å². The number of nitrogens with zero attached hydrogens (tertiary/aromatic N) is 2. The third-order valence-electron chi connectivity index (χ3n) is 3.83. The summed E-state index contributed by atoms with van der Waals surface area (Å²) in [4.78, 5) is 15.0. The number of carbonyl (C=O) groups is 1. The Morgan fingerprint density at radius 3 is 2.48 bits per heavy atom. The molecule has 1 amide bonds. The Morgan fingerprint density at radius 1 is 1.14 bits per heavy atom. The van der Waals surface area contributed by atoms with Crippen LogP contribution in [0.4, 0.5) is 18.9 Å². The summed E-state index contributed by atoms with van der Waals surface area (Å²) < 4.78 is 38.9. The number of hydrogen-bond acceptors (Lipinski definition) is 2. The predicted octanol–water partition coefficient (Wildman–Crippen LogP) is 3.07. The molecule has 0 aliphatic carbocycles. The first kappa shape index (κ1) is 15.7. The van der Waals surface area contributed by atoms with Crippen LogP contribution in [-0.4, -0.2) is 37.0 Å². The molecule has 1 heterocycles. The highest BCUT2D eigenvalue weighted by atomic mass is 19.4. The fourth-order valence-electron chi connectivity index (χ4n) is 2.60. The van der Waals surface area contributed by atoms with Gasteiger partial charge in [0.2, 0.25) is 5.91 Å². The first-order valence-corrected chi connectivity index (χ1v) is 6.97. The van der Waals surface area contributed by atoms with Crippen LogP contribution in [0.15, 0.2) is 18.2 Å². The maximum atomic E-state index is 13.0. The van der Waals surface area contributed by atoms with Crippen molar-refractivity contribution in [2.24, 2.45) is 0 Å². The number of halogens is 3. The van der Waals surface area contributed by atoms with Gasteiger partial charge in [-0.3, -0.25) is 4.79 Å². The first-order chi connectivity index (χ1) is 9.79. The Kier molecular flexibility index (Phi) is 4.44. The minimum atomic E-state index is -4.34. The highest BCUT2D eigenvalue weighted by Crippen LogP contribution is 2.34. The van der Waals surface area contributed by atoms with E-state index in [0.29, 0.717) is 31.9 Å². The molecule has 0 atom stereocenters. The second-order valence-electron chi connectivity index (χ2n) is 5.34. The summed E-state index contributed by atoms with van der Waals surface area (Å²) in [6.45, 7) is 5.40. The molecular formula is C15H19F3N2O. The molecule has 6 heteroatoms. The lowest BCUT2D eigenvalue weighted by molar-refractivity contribution is -0.138. The van der Waals surface area contributed by atoms with E-state index in [9.17, 15) is 18.0 Å². The Balaban J connectivity index is 2.20. The number of anilines is 1. The Labute approximate surface area is 122 Å². The van der Waals surface area contributed by atoms with Gasteiger partial charge in [0.25, 0.3) is 0 Å². The van der Waals surface area contributed by atoms with Crippen LogP contribution in [0.2, 0.25) is 0 Å². The van der Waals surface area contributed by atoms with Crippen LogP contribution in [0.5, 0.6) is 0 Å². The van der Waals surface area contributed by atoms with Crippen molar-refractivity contribution in [3.05, 3.63) is 29.3 Å². The lowest BCUT2D eigenvalue weighted by Crippen LogP contribution is -2.33. The Bertz CT molecular complexity index is 528. The second-order valence-corrected chi connectivity index (χ2v) is 5.34. The lowest BCUT2D eigenvalue weighted by Gasteiger charge is -2.24. The molecule has 0 N–H and O–H groups in total. The fraction of sp³-hybridized carbons (Fsp3) is 0.533. The number of alkyl halides is 3. The molecule has 1 saturated heterocycles. The molecule has 0 saturated carbocycles. The van der Waals surface area contributed by atoms with E-state index in [4.69, 9.17) is 0 Å². The zero-order valence-electron chi connectivity index (χ0n) is 12.2. The van der Waals surface area contributed by atoms with E-state index in [-0.39, 0.29) is 11.5 Å². The second kappa shape index (κ2) is 5.95. The van der Waals surface area contributed by atoms with Gasteiger partial charge in [-0.1, -0.05) is 6.07 Å². The van der Waals surface area contributed by atoms with E-state index in [0.717, 1.165) is 6.42 Å². The summed E-state index contributed by atoms with van der Waals surface area (Å²) in [7, 11) is 0. The number of amides is 1. The molecular weight excluding hydrogens is 281 g/mol. The molecule has 0 bridgehead atoms. The van der Waals surface area contributed by atoms with Crippen molar-refractivity contribution in [3.8, 4) is 0 Å². The minimum absolute atomic E-state index is 0.0109. The van der Waals surface area contributed by atoms with Gasteiger partial charge in [0.1, 0.15) is 0 Å². The van der Waals surface area contributed by atoms with E-state index in [1.54, 1.807) is 11.0 Å². The molecule has 0 spiro atoms. The van der Waals surface area contributed by atoms with Crippen LogP contribution in [0.1, 0.15) is 24.5 Å². The van der Waals surface area contributed by atoms with E-state index in [2.05, 4.69) is 0 Å². The summed E-state index contributed by atoms with van der Waals surface area (Å²) in [6.07, 6.45) is -3.58. The van der Waals surface area contributed by atoms with Crippen molar-refractivity contribution >= 4 is 11.6 Å². The Morgan fingerprint density at radius 2 is 1.86 bits per heavy atom. The summed E-state index contributed by atoms with van der Waals surface area (Å²) in [5.41, 5.74) is 0.206. The molecule has 21 heavy (non-hydrogen) atoms. The van der Waals surface area contributed by atoms with E-state index in [1.807, 2.05) is 4.90 Å². The summed E-state index contributed by atoms with van der Waals surface area (Å²) >= 11 is 0. The van der Waals surface area contributed by atoms with Gasteiger partial charge >= 0.3 is 6.18 Å². The largest absolute Gasteiger partial charge is 0.416 e. The normalized spacial score (nSPS) is 16.8. The molecule has 1 aromatic rings. The summed E-state index contributed by atoms with van der Waals surface area (Å²) in [5.74, 6) is 0.0109. The lowest BCUT2D eigenvalue weighted by atomic mass is 10.1. The quantitative estimate of drug-likeness (QED) is 0.796. The van der Waals surface area contributed by atoms with Gasteiger partial charge in [0.05, 0.1) is 5.56 Å². The molecule has 1 aliphatic heterocycles. The molecule has 2 rings (SSSR count). The van der Waals surface area contributed by atoms with Gasteiger partial charge in [-0.25, -0.2) is 0 Å². The highest BCUT2D eigenvalue weighted by molar-refractivity contribution is 5.73. The van der Waals surface area contributed by atoms with Crippen molar-refractivity contribution < 1.29 is 18.0 Å². The average Bonchev–Trinajstić information content (AvgIpc) is 2.63. The summed E-state index contributed by atoms with van der Waals surface area (Å²) in [5, 5.41) is 0. The molecule has 1 aliphatic rings. The molecule has 0 aromatic heterocycles. The van der Waals surface area contributed by atoms with Crippen molar-refractivity contribution in [1.29, 1.82) is 0 Å². The maximum absolute atomic E-state index is 13.0. The molecule has 1 aromatic carbocycles. The topological polar surface area (TPSA) is 23.6 Å². The zero-order valence-corrected chi connectivity index (χ0v) is 12.2. The van der Waals surface area contributed by atoms with E-state index in [1.165, 1.54) is 26.0 Å². The number of rotatable bonds is 1. The molecule has 0 unspecified atom stereocenters. The van der Waals surface area contributed by atoms with Gasteiger partial charge in [0, 0.05) is 38.8 Å². The van der Waals surface area contributed by atoms with Crippen molar-refractivity contribution in [3.63, 3.8) is 0 Å². The average molecular weight is 300 g/mol. The van der Waals surface area contributed by atoms with Crippen LogP contribution in [-0.2, 0) is 11.0 Å². The molecule has 116 valence electrons. The predicted molar refractivity (Wildman–Crippen MR) is 75.3 cm³/mol. The third kappa shape index (κ3) is 3.68.